The summed E-state index contributed by atoms with van der Waals surface area (Å²) in [6.07, 6.45) is 12.3. The van der Waals surface area contributed by atoms with Crippen LogP contribution in [0, 0.1) is 67.5 Å². The van der Waals surface area contributed by atoms with Crippen molar-refractivity contribution in [3.05, 3.63) is 0 Å². The van der Waals surface area contributed by atoms with E-state index in [1.54, 1.807) is 0 Å². The monoisotopic (exact) mass is 591 g/mol. The van der Waals surface area contributed by atoms with Crippen molar-refractivity contribution in [3.63, 3.8) is 0 Å². The summed E-state index contributed by atoms with van der Waals surface area (Å²) >= 11 is 0. The largest absolute Gasteiger partial charge is 0.0602 e. The van der Waals surface area contributed by atoms with Crippen molar-refractivity contribution in [2.45, 2.75) is 203 Å². The summed E-state index contributed by atoms with van der Waals surface area (Å²) in [5, 5.41) is 0. The molecule has 1 atom stereocenters. The first-order valence-corrected chi connectivity index (χ1v) is 18.2. The Morgan fingerprint density at radius 1 is 0.262 bits per heavy atom. The Labute approximate surface area is 270 Å². The normalized spacial score (nSPS) is 15.9. The summed E-state index contributed by atoms with van der Waals surface area (Å²) in [6, 6.07) is 0. The molecule has 0 heteroatoms. The molecule has 0 saturated carbocycles. The molecule has 0 heterocycles. The zero-order chi connectivity index (χ0) is 33.8. The second kappa shape index (κ2) is 15.1. The van der Waals surface area contributed by atoms with E-state index < -0.39 is 0 Å². The van der Waals surface area contributed by atoms with Crippen molar-refractivity contribution in [2.24, 2.45) is 67.5 Å². The highest BCUT2D eigenvalue weighted by atomic mass is 14.4. The lowest BCUT2D eigenvalue weighted by Crippen LogP contribution is -2.35. The third-order valence-corrected chi connectivity index (χ3v) is 9.17. The molecule has 0 fully saturated rings. The molecule has 0 aliphatic rings. The minimum atomic E-state index is 0.325. The van der Waals surface area contributed by atoms with E-state index in [1.165, 1.54) is 57.8 Å². The van der Waals surface area contributed by atoms with Crippen LogP contribution in [-0.4, -0.2) is 0 Å². The topological polar surface area (TPSA) is 0 Å². The molecule has 0 nitrogen and oxygen atoms in total. The minimum Gasteiger partial charge on any atom is -0.0602 e. The fourth-order valence-corrected chi connectivity index (χ4v) is 9.11. The highest BCUT2D eigenvalue weighted by Gasteiger charge is 2.39. The van der Waals surface area contributed by atoms with Gasteiger partial charge in [-0.25, -0.2) is 0 Å². The minimum absolute atomic E-state index is 0.325. The maximum atomic E-state index is 2.50. The van der Waals surface area contributed by atoms with Crippen LogP contribution in [0.5, 0.6) is 0 Å². The molecular weight excluding hydrogens is 504 g/mol. The van der Waals surface area contributed by atoms with Gasteiger partial charge in [0.2, 0.25) is 0 Å². The molecule has 42 heavy (non-hydrogen) atoms. The Morgan fingerprint density at radius 2 is 0.476 bits per heavy atom. The van der Waals surface area contributed by atoms with E-state index in [-0.39, 0.29) is 0 Å². The van der Waals surface area contributed by atoms with Gasteiger partial charge in [-0.3, -0.25) is 0 Å². The van der Waals surface area contributed by atoms with Gasteiger partial charge < -0.3 is 0 Å². The molecule has 0 saturated heterocycles. The lowest BCUT2D eigenvalue weighted by molar-refractivity contribution is 0.0543. The lowest BCUT2D eigenvalue weighted by atomic mass is 9.61. The van der Waals surface area contributed by atoms with Crippen molar-refractivity contribution >= 4 is 0 Å². The molecule has 0 aromatic rings. The van der Waals surface area contributed by atoms with Crippen LogP contribution in [0.15, 0.2) is 0 Å². The quantitative estimate of drug-likeness (QED) is 0.200. The second-order valence-electron chi connectivity index (χ2n) is 23.5. The van der Waals surface area contributed by atoms with Gasteiger partial charge in [0, 0.05) is 0 Å². The standard InChI is InChI=1S/C42H86/c1-36(2,3)26-32(25-35(41(16,17)18)42(19,20)21)22-31(23-33(27-37(4,5)6)28-38(7,8)9)24-34(29-39(10,11)12)30-40(13,14)15/h31-35H,22-30H2,1-21H3. The van der Waals surface area contributed by atoms with Crippen LogP contribution in [0.25, 0.3) is 0 Å². The van der Waals surface area contributed by atoms with Crippen LogP contribution in [0.4, 0.5) is 0 Å². The van der Waals surface area contributed by atoms with Gasteiger partial charge in [-0.05, 0) is 125 Å². The van der Waals surface area contributed by atoms with Crippen molar-refractivity contribution in [1.82, 2.24) is 0 Å². The van der Waals surface area contributed by atoms with Gasteiger partial charge in [0.1, 0.15) is 0 Å². The predicted molar refractivity (Wildman–Crippen MR) is 195 cm³/mol. The zero-order valence-corrected chi connectivity index (χ0v) is 33.8. The van der Waals surface area contributed by atoms with Gasteiger partial charge in [-0.1, -0.05) is 145 Å². The summed E-state index contributed by atoms with van der Waals surface area (Å²) in [5.74, 6) is 3.92. The number of hydrogen-bond acceptors (Lipinski definition) is 0. The van der Waals surface area contributed by atoms with E-state index in [0.717, 1.165) is 29.6 Å². The van der Waals surface area contributed by atoms with Crippen LogP contribution >= 0.6 is 0 Å². The van der Waals surface area contributed by atoms with Crippen molar-refractivity contribution in [3.8, 4) is 0 Å². The maximum Gasteiger partial charge on any atom is -0.0314 e. The van der Waals surface area contributed by atoms with Crippen molar-refractivity contribution in [2.75, 3.05) is 0 Å². The van der Waals surface area contributed by atoms with Crippen molar-refractivity contribution < 1.29 is 0 Å². The molecule has 0 aliphatic heterocycles. The first-order chi connectivity index (χ1) is 18.2. The SMILES string of the molecule is CC(C)(C)CC(CC(CC(CC(C)(C)C)CC(C)(C)C)CC(CC(C)(C)C)CC(C)(C)C)CC(C(C)(C)C)C(C)(C)C. The molecule has 0 amide bonds. The number of hydrogen-bond donors (Lipinski definition) is 0. The first kappa shape index (κ1) is 42.0. The Hall–Kier alpha value is 0. The predicted octanol–water partition coefficient (Wildman–Crippen LogP) is 14.9. The summed E-state index contributed by atoms with van der Waals surface area (Å²) in [6.45, 7) is 52.1. The Kier molecular flexibility index (Phi) is 15.1. The Bertz CT molecular complexity index is 647. The van der Waals surface area contributed by atoms with Crippen LogP contribution in [0.3, 0.4) is 0 Å². The smallest absolute Gasteiger partial charge is 0.0314 e. The van der Waals surface area contributed by atoms with E-state index in [1.807, 2.05) is 0 Å². The molecule has 1 unspecified atom stereocenters. The number of rotatable bonds is 13. The Balaban J connectivity index is 6.73. The fraction of sp³-hybridized carbons (Fsp3) is 1.00. The molecule has 0 radical (unpaired) electrons. The average Bonchev–Trinajstić information content (AvgIpc) is 2.56. The average molecular weight is 591 g/mol. The van der Waals surface area contributed by atoms with Crippen LogP contribution in [0.1, 0.15) is 203 Å². The summed E-state index contributed by atoms with van der Waals surface area (Å²) in [5.41, 5.74) is 2.53. The highest BCUT2D eigenvalue weighted by Crippen LogP contribution is 2.49. The highest BCUT2D eigenvalue weighted by molar-refractivity contribution is 4.89. The third kappa shape index (κ3) is 21.7. The molecule has 0 aromatic carbocycles. The van der Waals surface area contributed by atoms with E-state index in [2.05, 4.69) is 145 Å². The maximum absolute atomic E-state index is 2.50. The summed E-state index contributed by atoms with van der Waals surface area (Å²) < 4.78 is 0. The third-order valence-electron chi connectivity index (χ3n) is 9.17. The van der Waals surface area contributed by atoms with Crippen molar-refractivity contribution in [1.29, 1.82) is 0 Å². The van der Waals surface area contributed by atoms with Gasteiger partial charge >= 0.3 is 0 Å². The van der Waals surface area contributed by atoms with Crippen LogP contribution < -0.4 is 0 Å². The molecule has 0 rings (SSSR count). The van der Waals surface area contributed by atoms with Gasteiger partial charge in [-0.15, -0.1) is 0 Å². The Morgan fingerprint density at radius 3 is 0.690 bits per heavy atom. The summed E-state index contributed by atoms with van der Waals surface area (Å²) in [4.78, 5) is 0. The lowest BCUT2D eigenvalue weighted by Gasteiger charge is -2.45. The van der Waals surface area contributed by atoms with Gasteiger partial charge in [0.05, 0.1) is 0 Å². The first-order valence-electron chi connectivity index (χ1n) is 18.2. The zero-order valence-electron chi connectivity index (χ0n) is 33.8. The van der Waals surface area contributed by atoms with Gasteiger partial charge in [0.15, 0.2) is 0 Å². The summed E-state index contributed by atoms with van der Waals surface area (Å²) in [7, 11) is 0. The van der Waals surface area contributed by atoms with Gasteiger partial charge in [-0.2, -0.15) is 0 Å². The molecule has 0 spiro atoms. The van der Waals surface area contributed by atoms with E-state index in [9.17, 15) is 0 Å². The van der Waals surface area contributed by atoms with E-state index in [4.69, 9.17) is 0 Å². The fourth-order valence-electron chi connectivity index (χ4n) is 9.11. The molecule has 0 aromatic heterocycles. The van der Waals surface area contributed by atoms with Gasteiger partial charge in [0.25, 0.3) is 0 Å². The van der Waals surface area contributed by atoms with E-state index in [0.29, 0.717) is 37.9 Å². The van der Waals surface area contributed by atoms with E-state index >= 15 is 0 Å². The molecular formula is C42H86. The molecule has 0 bridgehead atoms. The van der Waals surface area contributed by atoms with Crippen LogP contribution in [-0.2, 0) is 0 Å². The molecule has 0 aliphatic carbocycles. The van der Waals surface area contributed by atoms with Crippen LogP contribution in [0.2, 0.25) is 0 Å². The molecule has 0 N–H and O–H groups in total. The molecule has 254 valence electrons. The second-order valence-corrected chi connectivity index (χ2v) is 23.5.